The van der Waals surface area contributed by atoms with Crippen LogP contribution in [0.3, 0.4) is 0 Å². The summed E-state index contributed by atoms with van der Waals surface area (Å²) in [5.41, 5.74) is 0. The smallest absolute Gasteiger partial charge is 0.310 e. The lowest BCUT2D eigenvalue weighted by atomic mass is 9.98. The predicted octanol–water partition coefficient (Wildman–Crippen LogP) is 1.44. The zero-order valence-corrected chi connectivity index (χ0v) is 10.6. The molecule has 4 heteroatoms. The number of carbonyl (C=O) groups excluding carboxylic acids is 2. The highest BCUT2D eigenvalue weighted by Crippen LogP contribution is 2.39. The molecule has 0 spiro atoms. The van der Waals surface area contributed by atoms with E-state index in [0.29, 0.717) is 19.1 Å². The maximum atomic E-state index is 12.1. The third kappa shape index (κ3) is 2.79. The second-order valence-electron chi connectivity index (χ2n) is 5.19. The molecule has 1 amide bonds. The minimum absolute atomic E-state index is 0.110. The number of nitrogens with zero attached hydrogens (tertiary/aromatic N) is 1. The Bertz CT molecular complexity index is 316. The molecule has 2 aliphatic rings. The molecular weight excluding hydrogens is 218 g/mol. The first-order valence-corrected chi connectivity index (χ1v) is 6.59. The molecule has 1 heterocycles. The fraction of sp³-hybridized carbons (Fsp3) is 0.846. The van der Waals surface area contributed by atoms with Crippen LogP contribution in [-0.2, 0) is 14.3 Å². The van der Waals surface area contributed by atoms with Gasteiger partial charge < -0.3 is 9.64 Å². The van der Waals surface area contributed by atoms with Gasteiger partial charge in [0.05, 0.1) is 12.5 Å². The first-order valence-electron chi connectivity index (χ1n) is 6.59. The number of esters is 1. The Morgan fingerprint density at radius 3 is 2.71 bits per heavy atom. The molecular formula is C13H21NO3. The van der Waals surface area contributed by atoms with Crippen molar-refractivity contribution in [2.24, 2.45) is 17.8 Å². The van der Waals surface area contributed by atoms with Crippen LogP contribution >= 0.6 is 0 Å². The van der Waals surface area contributed by atoms with Gasteiger partial charge in [-0.25, -0.2) is 0 Å². The van der Waals surface area contributed by atoms with Crippen LogP contribution in [0.4, 0.5) is 0 Å². The van der Waals surface area contributed by atoms with E-state index in [4.69, 9.17) is 4.74 Å². The summed E-state index contributed by atoms with van der Waals surface area (Å²) >= 11 is 0. The normalized spacial score (nSPS) is 32.1. The molecule has 0 bridgehead atoms. The Kier molecular flexibility index (Phi) is 3.69. The fourth-order valence-electron chi connectivity index (χ4n) is 2.53. The summed E-state index contributed by atoms with van der Waals surface area (Å²) in [6.07, 6.45) is 2.78. The monoisotopic (exact) mass is 239 g/mol. The molecule has 4 nitrogen and oxygen atoms in total. The molecule has 1 saturated heterocycles. The standard InChI is InChI=1S/C13H21NO3/c1-3-17-13(16)10-5-4-6-14(8-10)12(15)11-7-9(11)2/h9-11H,3-8H2,1-2H3/t9?,10-,11?/m1/s1. The zero-order valence-electron chi connectivity index (χ0n) is 10.6. The number of piperidine rings is 1. The van der Waals surface area contributed by atoms with Gasteiger partial charge >= 0.3 is 5.97 Å². The number of ether oxygens (including phenoxy) is 1. The molecule has 2 rings (SSSR count). The Labute approximate surface area is 102 Å². The molecule has 2 fully saturated rings. The van der Waals surface area contributed by atoms with Crippen LogP contribution in [0.1, 0.15) is 33.1 Å². The molecule has 0 N–H and O–H groups in total. The summed E-state index contributed by atoms with van der Waals surface area (Å²) in [5, 5.41) is 0. The maximum absolute atomic E-state index is 12.1. The molecule has 0 aromatic heterocycles. The number of rotatable bonds is 3. The van der Waals surface area contributed by atoms with Crippen molar-refractivity contribution < 1.29 is 14.3 Å². The van der Waals surface area contributed by atoms with Crippen molar-refractivity contribution in [2.75, 3.05) is 19.7 Å². The molecule has 1 saturated carbocycles. The van der Waals surface area contributed by atoms with Gasteiger partial charge in [0.15, 0.2) is 0 Å². The highest BCUT2D eigenvalue weighted by molar-refractivity contribution is 5.82. The molecule has 3 atom stereocenters. The Morgan fingerprint density at radius 1 is 1.41 bits per heavy atom. The number of likely N-dealkylation sites (tertiary alicyclic amines) is 1. The molecule has 1 aliphatic carbocycles. The predicted molar refractivity (Wildman–Crippen MR) is 63.2 cm³/mol. The number of amides is 1. The van der Waals surface area contributed by atoms with Crippen LogP contribution in [0.25, 0.3) is 0 Å². The van der Waals surface area contributed by atoms with Crippen LogP contribution in [0, 0.1) is 17.8 Å². The van der Waals surface area contributed by atoms with Gasteiger partial charge in [-0.05, 0) is 32.1 Å². The van der Waals surface area contributed by atoms with Crippen molar-refractivity contribution in [2.45, 2.75) is 33.1 Å². The van der Waals surface area contributed by atoms with Gasteiger partial charge in [0, 0.05) is 19.0 Å². The largest absolute Gasteiger partial charge is 0.466 e. The van der Waals surface area contributed by atoms with E-state index >= 15 is 0 Å². The van der Waals surface area contributed by atoms with E-state index in [1.165, 1.54) is 0 Å². The van der Waals surface area contributed by atoms with Gasteiger partial charge in [0.25, 0.3) is 0 Å². The lowest BCUT2D eigenvalue weighted by Crippen LogP contribution is -2.43. The van der Waals surface area contributed by atoms with E-state index in [2.05, 4.69) is 6.92 Å². The summed E-state index contributed by atoms with van der Waals surface area (Å²) in [6, 6.07) is 0. The molecule has 0 aromatic carbocycles. The zero-order chi connectivity index (χ0) is 12.4. The van der Waals surface area contributed by atoms with Gasteiger partial charge in [0.1, 0.15) is 0 Å². The summed E-state index contributed by atoms with van der Waals surface area (Å²) in [7, 11) is 0. The second-order valence-corrected chi connectivity index (χ2v) is 5.19. The highest BCUT2D eigenvalue weighted by atomic mass is 16.5. The lowest BCUT2D eigenvalue weighted by molar-refractivity contribution is -0.151. The Morgan fingerprint density at radius 2 is 2.12 bits per heavy atom. The topological polar surface area (TPSA) is 46.6 Å². The van der Waals surface area contributed by atoms with Gasteiger partial charge in [-0.2, -0.15) is 0 Å². The summed E-state index contributed by atoms with van der Waals surface area (Å²) < 4.78 is 5.03. The van der Waals surface area contributed by atoms with Crippen LogP contribution < -0.4 is 0 Å². The number of carbonyl (C=O) groups is 2. The summed E-state index contributed by atoms with van der Waals surface area (Å²) in [5.74, 6) is 0.739. The van der Waals surface area contributed by atoms with Gasteiger partial charge in [-0.15, -0.1) is 0 Å². The van der Waals surface area contributed by atoms with E-state index < -0.39 is 0 Å². The van der Waals surface area contributed by atoms with E-state index in [0.717, 1.165) is 25.8 Å². The van der Waals surface area contributed by atoms with Crippen LogP contribution in [0.2, 0.25) is 0 Å². The fourth-order valence-corrected chi connectivity index (χ4v) is 2.53. The minimum atomic E-state index is -0.145. The number of hydrogen-bond acceptors (Lipinski definition) is 3. The van der Waals surface area contributed by atoms with Crippen molar-refractivity contribution in [1.82, 2.24) is 4.90 Å². The van der Waals surface area contributed by atoms with Crippen molar-refractivity contribution in [3.05, 3.63) is 0 Å². The summed E-state index contributed by atoms with van der Waals surface area (Å²) in [6.45, 7) is 5.70. The Balaban J connectivity index is 1.88. The first kappa shape index (κ1) is 12.4. The maximum Gasteiger partial charge on any atom is 0.310 e. The van der Waals surface area contributed by atoms with Crippen molar-refractivity contribution >= 4 is 11.9 Å². The number of hydrogen-bond donors (Lipinski definition) is 0. The first-order chi connectivity index (χ1) is 8.13. The van der Waals surface area contributed by atoms with Crippen LogP contribution in [0.5, 0.6) is 0 Å². The third-order valence-electron chi connectivity index (χ3n) is 3.78. The van der Waals surface area contributed by atoms with E-state index in [1.807, 2.05) is 11.8 Å². The molecule has 17 heavy (non-hydrogen) atoms. The van der Waals surface area contributed by atoms with Crippen molar-refractivity contribution in [3.63, 3.8) is 0 Å². The van der Waals surface area contributed by atoms with Crippen molar-refractivity contribution in [3.8, 4) is 0 Å². The Hall–Kier alpha value is -1.06. The van der Waals surface area contributed by atoms with Crippen molar-refractivity contribution in [1.29, 1.82) is 0 Å². The average Bonchev–Trinajstić information content (AvgIpc) is 3.06. The van der Waals surface area contributed by atoms with Gasteiger partial charge in [-0.1, -0.05) is 6.92 Å². The molecule has 96 valence electrons. The second kappa shape index (κ2) is 5.07. The molecule has 0 aromatic rings. The van der Waals surface area contributed by atoms with E-state index in [1.54, 1.807) is 0 Å². The van der Waals surface area contributed by atoms with Gasteiger partial charge in [-0.3, -0.25) is 9.59 Å². The quantitative estimate of drug-likeness (QED) is 0.700. The lowest BCUT2D eigenvalue weighted by Gasteiger charge is -2.31. The van der Waals surface area contributed by atoms with E-state index in [9.17, 15) is 9.59 Å². The van der Waals surface area contributed by atoms with Gasteiger partial charge in [0.2, 0.25) is 5.91 Å². The highest BCUT2D eigenvalue weighted by Gasteiger charge is 2.42. The molecule has 1 aliphatic heterocycles. The summed E-state index contributed by atoms with van der Waals surface area (Å²) in [4.78, 5) is 25.6. The minimum Gasteiger partial charge on any atom is -0.466 e. The van der Waals surface area contributed by atoms with E-state index in [-0.39, 0.29) is 23.7 Å². The third-order valence-corrected chi connectivity index (χ3v) is 3.78. The average molecular weight is 239 g/mol. The molecule has 0 radical (unpaired) electrons. The molecule has 2 unspecified atom stereocenters. The SMILES string of the molecule is CCOC(=O)[C@@H]1CCCN(C(=O)C2CC2C)C1. The van der Waals surface area contributed by atoms with Crippen LogP contribution in [0.15, 0.2) is 0 Å². The van der Waals surface area contributed by atoms with Crippen LogP contribution in [-0.4, -0.2) is 36.5 Å².